The van der Waals surface area contributed by atoms with Crippen LogP contribution in [-0.4, -0.2) is 59.2 Å². The SMILES string of the molecule is NC(=O)[C@]1(c2ccccn2)CCCN(CC2(O)CCN(c3ccccc3F)CC2)C1. The standard InChI is InChI=1S/C23H29FN4O2/c24-18-6-1-2-7-19(18)28-14-10-22(30,11-15-28)16-27-13-5-9-23(17-27,21(25)29)20-8-3-4-12-26-20/h1-4,6-8,12,30H,5,9-11,13-17H2,(H2,25,29)/t23-/m1/s1. The molecular formula is C23H29FN4O2. The molecule has 0 aliphatic carbocycles. The molecule has 2 saturated heterocycles. The van der Waals surface area contributed by atoms with Gasteiger partial charge in [-0.1, -0.05) is 18.2 Å². The molecule has 2 aliphatic rings. The number of aromatic nitrogens is 1. The van der Waals surface area contributed by atoms with E-state index in [4.69, 9.17) is 5.73 Å². The van der Waals surface area contributed by atoms with Gasteiger partial charge in [0.25, 0.3) is 0 Å². The van der Waals surface area contributed by atoms with E-state index in [1.54, 1.807) is 18.3 Å². The number of primary amides is 1. The molecule has 30 heavy (non-hydrogen) atoms. The minimum absolute atomic E-state index is 0.236. The fourth-order valence-electron chi connectivity index (χ4n) is 4.91. The number of rotatable bonds is 5. The van der Waals surface area contributed by atoms with E-state index in [-0.39, 0.29) is 11.7 Å². The van der Waals surface area contributed by atoms with Crippen molar-refractivity contribution in [1.82, 2.24) is 9.88 Å². The zero-order valence-corrected chi connectivity index (χ0v) is 17.1. The fourth-order valence-corrected chi connectivity index (χ4v) is 4.91. The number of nitrogens with zero attached hydrogens (tertiary/aromatic N) is 3. The van der Waals surface area contributed by atoms with Gasteiger partial charge in [-0.15, -0.1) is 0 Å². The van der Waals surface area contributed by atoms with Crippen molar-refractivity contribution in [1.29, 1.82) is 0 Å². The van der Waals surface area contributed by atoms with Crippen LogP contribution in [0, 0.1) is 5.82 Å². The second kappa shape index (κ2) is 8.32. The first-order valence-corrected chi connectivity index (χ1v) is 10.6. The second-order valence-corrected chi connectivity index (χ2v) is 8.64. The van der Waals surface area contributed by atoms with E-state index in [1.165, 1.54) is 6.07 Å². The Morgan fingerprint density at radius 3 is 2.50 bits per heavy atom. The van der Waals surface area contributed by atoms with E-state index in [2.05, 4.69) is 9.88 Å². The van der Waals surface area contributed by atoms with Gasteiger partial charge in [-0.2, -0.15) is 0 Å². The van der Waals surface area contributed by atoms with E-state index in [0.717, 1.165) is 13.0 Å². The topological polar surface area (TPSA) is 82.7 Å². The van der Waals surface area contributed by atoms with Gasteiger partial charge < -0.3 is 15.7 Å². The van der Waals surface area contributed by atoms with Crippen LogP contribution in [0.1, 0.15) is 31.4 Å². The van der Waals surface area contributed by atoms with Crippen molar-refractivity contribution in [3.63, 3.8) is 0 Å². The maximum Gasteiger partial charge on any atom is 0.230 e. The maximum atomic E-state index is 14.1. The zero-order valence-electron chi connectivity index (χ0n) is 17.1. The Bertz CT molecular complexity index is 886. The maximum absolute atomic E-state index is 14.1. The lowest BCUT2D eigenvalue weighted by molar-refractivity contribution is -0.126. The molecule has 1 atom stereocenters. The number of amides is 1. The van der Waals surface area contributed by atoms with Gasteiger partial charge in [-0.25, -0.2) is 4.39 Å². The zero-order chi connectivity index (χ0) is 21.2. The minimum atomic E-state index is -0.868. The molecule has 3 N–H and O–H groups in total. The number of likely N-dealkylation sites (tertiary alicyclic amines) is 1. The number of halogens is 1. The van der Waals surface area contributed by atoms with Crippen molar-refractivity contribution in [3.05, 3.63) is 60.2 Å². The number of carbonyl (C=O) groups is 1. The summed E-state index contributed by atoms with van der Waals surface area (Å²) < 4.78 is 14.1. The molecule has 1 amide bonds. The first kappa shape index (κ1) is 20.8. The van der Waals surface area contributed by atoms with Gasteiger partial charge in [-0.3, -0.25) is 14.7 Å². The van der Waals surface area contributed by atoms with Crippen LogP contribution in [0.2, 0.25) is 0 Å². The number of piperidine rings is 2. The molecule has 4 rings (SSSR count). The Labute approximate surface area is 176 Å². The largest absolute Gasteiger partial charge is 0.388 e. The predicted molar refractivity (Wildman–Crippen MR) is 114 cm³/mol. The van der Waals surface area contributed by atoms with Gasteiger partial charge in [0.15, 0.2) is 0 Å². The second-order valence-electron chi connectivity index (χ2n) is 8.64. The van der Waals surface area contributed by atoms with Gasteiger partial charge in [0, 0.05) is 32.4 Å². The first-order chi connectivity index (χ1) is 14.4. The summed E-state index contributed by atoms with van der Waals surface area (Å²) in [4.78, 5) is 21.0. The van der Waals surface area contributed by atoms with Gasteiger partial charge >= 0.3 is 0 Å². The molecule has 2 aliphatic heterocycles. The quantitative estimate of drug-likeness (QED) is 0.786. The van der Waals surface area contributed by atoms with E-state index in [1.807, 2.05) is 29.2 Å². The van der Waals surface area contributed by atoms with Crippen LogP contribution in [0.15, 0.2) is 48.7 Å². The summed E-state index contributed by atoms with van der Waals surface area (Å²) in [6, 6.07) is 12.3. The number of aliphatic hydroxyl groups is 1. The molecule has 2 fully saturated rings. The summed E-state index contributed by atoms with van der Waals surface area (Å²) in [5.74, 6) is -0.604. The van der Waals surface area contributed by atoms with Gasteiger partial charge in [0.2, 0.25) is 5.91 Å². The molecule has 1 aromatic heterocycles. The summed E-state index contributed by atoms with van der Waals surface area (Å²) in [5, 5.41) is 11.2. The lowest BCUT2D eigenvalue weighted by Crippen LogP contribution is -2.58. The normalized spacial score (nSPS) is 24.5. The van der Waals surface area contributed by atoms with Crippen molar-refractivity contribution < 1.29 is 14.3 Å². The number of hydrogen-bond donors (Lipinski definition) is 2. The average molecular weight is 413 g/mol. The van der Waals surface area contributed by atoms with E-state index in [9.17, 15) is 14.3 Å². The van der Waals surface area contributed by atoms with Crippen molar-refractivity contribution >= 4 is 11.6 Å². The Balaban J connectivity index is 1.44. The number of carbonyl (C=O) groups excluding carboxylic acids is 1. The lowest BCUT2D eigenvalue weighted by Gasteiger charge is -2.46. The number of β-amino-alcohol motifs (C(OH)–C–C–N with tert-alkyl or cyclic N) is 1. The number of hydrogen-bond acceptors (Lipinski definition) is 5. The van der Waals surface area contributed by atoms with Crippen molar-refractivity contribution in [2.45, 2.75) is 36.7 Å². The van der Waals surface area contributed by atoms with Crippen LogP contribution in [0.5, 0.6) is 0 Å². The van der Waals surface area contributed by atoms with Crippen molar-refractivity contribution in [2.75, 3.05) is 37.6 Å². The third-order valence-corrected chi connectivity index (χ3v) is 6.60. The molecule has 0 bridgehead atoms. The number of para-hydroxylation sites is 1. The fraction of sp³-hybridized carbons (Fsp3) is 0.478. The Hall–Kier alpha value is -2.51. The molecule has 0 unspecified atom stereocenters. The smallest absolute Gasteiger partial charge is 0.230 e. The van der Waals surface area contributed by atoms with Crippen LogP contribution >= 0.6 is 0 Å². The third-order valence-electron chi connectivity index (χ3n) is 6.60. The Morgan fingerprint density at radius 1 is 1.10 bits per heavy atom. The van der Waals surface area contributed by atoms with Crippen LogP contribution in [0.4, 0.5) is 10.1 Å². The number of anilines is 1. The summed E-state index contributed by atoms with van der Waals surface area (Å²) >= 11 is 0. The molecule has 0 spiro atoms. The molecular weight excluding hydrogens is 383 g/mol. The minimum Gasteiger partial charge on any atom is -0.388 e. The molecule has 2 aromatic rings. The number of benzene rings is 1. The highest BCUT2D eigenvalue weighted by atomic mass is 19.1. The predicted octanol–water partition coefficient (Wildman–Crippen LogP) is 2.07. The summed E-state index contributed by atoms with van der Waals surface area (Å²) in [6.45, 7) is 2.92. The van der Waals surface area contributed by atoms with Crippen LogP contribution in [0.3, 0.4) is 0 Å². The summed E-state index contributed by atoms with van der Waals surface area (Å²) in [6.07, 6.45) is 4.26. The first-order valence-electron chi connectivity index (χ1n) is 10.6. The summed E-state index contributed by atoms with van der Waals surface area (Å²) in [7, 11) is 0. The highest BCUT2D eigenvalue weighted by Crippen LogP contribution is 2.35. The summed E-state index contributed by atoms with van der Waals surface area (Å²) in [5.41, 5.74) is 5.43. The molecule has 6 nitrogen and oxygen atoms in total. The lowest BCUT2D eigenvalue weighted by atomic mass is 9.75. The molecule has 1 aromatic carbocycles. The van der Waals surface area contributed by atoms with Crippen molar-refractivity contribution in [3.8, 4) is 0 Å². The van der Waals surface area contributed by atoms with Gasteiger partial charge in [0.1, 0.15) is 11.2 Å². The van der Waals surface area contributed by atoms with E-state index >= 15 is 0 Å². The molecule has 0 saturated carbocycles. The van der Waals surface area contributed by atoms with Crippen LogP contribution < -0.4 is 10.6 Å². The van der Waals surface area contributed by atoms with Crippen LogP contribution in [-0.2, 0) is 10.2 Å². The van der Waals surface area contributed by atoms with Gasteiger partial charge in [0.05, 0.1) is 17.0 Å². The average Bonchev–Trinajstić information content (AvgIpc) is 2.75. The molecule has 0 radical (unpaired) electrons. The highest BCUT2D eigenvalue weighted by Gasteiger charge is 2.45. The molecule has 3 heterocycles. The van der Waals surface area contributed by atoms with Gasteiger partial charge in [-0.05, 0) is 56.5 Å². The van der Waals surface area contributed by atoms with E-state index in [0.29, 0.717) is 56.8 Å². The highest BCUT2D eigenvalue weighted by molar-refractivity contribution is 5.86. The number of nitrogens with two attached hydrogens (primary N) is 1. The Kier molecular flexibility index (Phi) is 5.75. The molecule has 7 heteroatoms. The number of pyridine rings is 1. The van der Waals surface area contributed by atoms with Crippen molar-refractivity contribution in [2.24, 2.45) is 5.73 Å². The Morgan fingerprint density at radius 2 is 1.83 bits per heavy atom. The monoisotopic (exact) mass is 412 g/mol. The molecule has 160 valence electrons. The van der Waals surface area contributed by atoms with E-state index < -0.39 is 11.0 Å². The third kappa shape index (κ3) is 4.04. The van der Waals surface area contributed by atoms with Crippen LogP contribution in [0.25, 0.3) is 0 Å².